The van der Waals surface area contributed by atoms with E-state index in [9.17, 15) is 9.18 Å². The number of carbonyl (C=O) groups is 1. The molecule has 0 saturated heterocycles. The summed E-state index contributed by atoms with van der Waals surface area (Å²) in [5.74, 6) is 0.591. The highest BCUT2D eigenvalue weighted by Gasteiger charge is 2.21. The third-order valence-corrected chi connectivity index (χ3v) is 5.22. The molecular weight excluding hydrogens is 369 g/mol. The number of anilines is 1. The lowest BCUT2D eigenvalue weighted by Crippen LogP contribution is -2.04. The Morgan fingerprint density at radius 1 is 0.963 bits per heavy atom. The second-order valence-electron chi connectivity index (χ2n) is 5.65. The Hall–Kier alpha value is -3.06. The van der Waals surface area contributed by atoms with E-state index in [0.29, 0.717) is 33.4 Å². The van der Waals surface area contributed by atoms with Gasteiger partial charge in [-0.2, -0.15) is 0 Å². The van der Waals surface area contributed by atoms with Gasteiger partial charge in [-0.05, 0) is 35.9 Å². The van der Waals surface area contributed by atoms with Crippen molar-refractivity contribution >= 4 is 22.8 Å². The first-order valence-electron chi connectivity index (χ1n) is 7.98. The van der Waals surface area contributed by atoms with Gasteiger partial charge >= 0.3 is 0 Å². The molecule has 1 heterocycles. The highest BCUT2D eigenvalue weighted by atomic mass is 32.1. The number of hydrogen-bond donors (Lipinski definition) is 1. The molecule has 0 saturated carbocycles. The molecule has 0 fully saturated rings. The van der Waals surface area contributed by atoms with E-state index in [2.05, 4.69) is 0 Å². The maximum Gasteiger partial charge on any atom is 0.205 e. The zero-order valence-corrected chi connectivity index (χ0v) is 15.9. The molecule has 0 amide bonds. The van der Waals surface area contributed by atoms with Crippen LogP contribution in [0.5, 0.6) is 17.2 Å². The summed E-state index contributed by atoms with van der Waals surface area (Å²) in [6.45, 7) is 0. The predicted molar refractivity (Wildman–Crippen MR) is 104 cm³/mol. The highest BCUT2D eigenvalue weighted by molar-refractivity contribution is 7.18. The van der Waals surface area contributed by atoms with Gasteiger partial charge in [0.05, 0.1) is 31.9 Å². The fraction of sp³-hybridized carbons (Fsp3) is 0.150. The van der Waals surface area contributed by atoms with E-state index in [1.807, 2.05) is 0 Å². The van der Waals surface area contributed by atoms with E-state index in [4.69, 9.17) is 19.9 Å². The monoisotopic (exact) mass is 387 g/mol. The lowest BCUT2D eigenvalue weighted by Gasteiger charge is -2.13. The maximum atomic E-state index is 13.1. The Bertz CT molecular complexity index is 957. The molecule has 3 aromatic rings. The molecule has 0 aliphatic heterocycles. The van der Waals surface area contributed by atoms with Gasteiger partial charge in [-0.25, -0.2) is 4.39 Å². The first-order chi connectivity index (χ1) is 13.0. The molecule has 1 aromatic heterocycles. The van der Waals surface area contributed by atoms with Crippen LogP contribution in [-0.4, -0.2) is 27.1 Å². The average Bonchev–Trinajstić information content (AvgIpc) is 3.08. The summed E-state index contributed by atoms with van der Waals surface area (Å²) in [5.41, 5.74) is 7.59. The van der Waals surface area contributed by atoms with Crippen LogP contribution in [-0.2, 0) is 0 Å². The number of nitrogens with two attached hydrogens (primary N) is 1. The van der Waals surface area contributed by atoms with Gasteiger partial charge < -0.3 is 19.9 Å². The Labute approximate surface area is 160 Å². The largest absolute Gasteiger partial charge is 0.493 e. The zero-order valence-electron chi connectivity index (χ0n) is 15.0. The molecule has 2 N–H and O–H groups in total. The second-order valence-corrected chi connectivity index (χ2v) is 6.70. The molecule has 0 radical (unpaired) electrons. The molecule has 27 heavy (non-hydrogen) atoms. The van der Waals surface area contributed by atoms with Crippen molar-refractivity contribution in [2.45, 2.75) is 0 Å². The van der Waals surface area contributed by atoms with Gasteiger partial charge in [0.25, 0.3) is 0 Å². The number of methoxy groups -OCH3 is 3. The maximum absolute atomic E-state index is 13.1. The lowest BCUT2D eigenvalue weighted by molar-refractivity contribution is 0.104. The summed E-state index contributed by atoms with van der Waals surface area (Å²) in [4.78, 5) is 14.2. The number of ketones is 1. The quantitative estimate of drug-likeness (QED) is 0.635. The van der Waals surface area contributed by atoms with Crippen molar-refractivity contribution in [1.82, 2.24) is 0 Å². The zero-order chi connectivity index (χ0) is 19.6. The Morgan fingerprint density at radius 2 is 1.56 bits per heavy atom. The lowest BCUT2D eigenvalue weighted by atomic mass is 10.1. The van der Waals surface area contributed by atoms with Crippen molar-refractivity contribution in [3.8, 4) is 27.7 Å². The van der Waals surface area contributed by atoms with E-state index in [1.165, 1.54) is 44.8 Å². The summed E-state index contributed by atoms with van der Waals surface area (Å²) < 4.78 is 29.0. The Balaban J connectivity index is 2.02. The number of thiophene rings is 1. The Morgan fingerprint density at radius 3 is 2.07 bits per heavy atom. The predicted octanol–water partition coefficient (Wildman–Crippen LogP) is 4.39. The highest BCUT2D eigenvalue weighted by Crippen LogP contribution is 2.40. The Kier molecular flexibility index (Phi) is 5.32. The van der Waals surface area contributed by atoms with Crippen LogP contribution >= 0.6 is 11.3 Å². The smallest absolute Gasteiger partial charge is 0.205 e. The van der Waals surface area contributed by atoms with Crippen molar-refractivity contribution in [2.75, 3.05) is 27.1 Å². The van der Waals surface area contributed by atoms with Crippen LogP contribution in [0.3, 0.4) is 0 Å². The van der Waals surface area contributed by atoms with Gasteiger partial charge in [0.15, 0.2) is 11.5 Å². The van der Waals surface area contributed by atoms with E-state index in [1.54, 1.807) is 30.3 Å². The normalized spacial score (nSPS) is 10.5. The third kappa shape index (κ3) is 3.59. The van der Waals surface area contributed by atoms with Crippen LogP contribution in [0.4, 0.5) is 10.1 Å². The van der Waals surface area contributed by atoms with Crippen LogP contribution < -0.4 is 19.9 Å². The number of carbonyl (C=O) groups excluding carboxylic acids is 1. The molecule has 3 rings (SSSR count). The summed E-state index contributed by atoms with van der Waals surface area (Å²) in [6, 6.07) is 10.9. The average molecular weight is 387 g/mol. The molecule has 0 aliphatic rings. The number of ether oxygens (including phenoxy) is 3. The minimum absolute atomic E-state index is 0.259. The van der Waals surface area contributed by atoms with Crippen molar-refractivity contribution in [3.05, 3.63) is 58.7 Å². The van der Waals surface area contributed by atoms with Crippen molar-refractivity contribution in [3.63, 3.8) is 0 Å². The van der Waals surface area contributed by atoms with E-state index < -0.39 is 0 Å². The van der Waals surface area contributed by atoms with Crippen LogP contribution in [0.2, 0.25) is 0 Å². The summed E-state index contributed by atoms with van der Waals surface area (Å²) >= 11 is 1.25. The molecule has 0 bridgehead atoms. The van der Waals surface area contributed by atoms with Crippen molar-refractivity contribution < 1.29 is 23.4 Å². The minimum atomic E-state index is -0.322. The van der Waals surface area contributed by atoms with Gasteiger partial charge in [-0.3, -0.25) is 4.79 Å². The first-order valence-corrected chi connectivity index (χ1v) is 8.80. The van der Waals surface area contributed by atoms with Gasteiger partial charge in [0, 0.05) is 10.4 Å². The summed E-state index contributed by atoms with van der Waals surface area (Å²) in [6.07, 6.45) is 0. The fourth-order valence-electron chi connectivity index (χ4n) is 2.68. The van der Waals surface area contributed by atoms with E-state index in [0.717, 1.165) is 10.4 Å². The number of rotatable bonds is 6. The van der Waals surface area contributed by atoms with Gasteiger partial charge in [0.1, 0.15) is 5.82 Å². The van der Waals surface area contributed by atoms with Crippen LogP contribution in [0.15, 0.2) is 42.5 Å². The first kappa shape index (κ1) is 18.7. The minimum Gasteiger partial charge on any atom is -0.493 e. The number of halogens is 1. The number of hydrogen-bond acceptors (Lipinski definition) is 6. The third-order valence-electron chi connectivity index (χ3n) is 4.02. The van der Waals surface area contributed by atoms with Crippen molar-refractivity contribution in [2.24, 2.45) is 0 Å². The standard InChI is InChI=1S/C20H18FNO4S/c1-24-15-8-12(9-16(25-2)19(15)26-3)18(23)20-14(22)10-17(27-20)11-4-6-13(21)7-5-11/h4-10H,22H2,1-3H3. The van der Waals surface area contributed by atoms with Gasteiger partial charge in [0.2, 0.25) is 11.5 Å². The van der Waals surface area contributed by atoms with Crippen molar-refractivity contribution in [1.29, 1.82) is 0 Å². The van der Waals surface area contributed by atoms with E-state index in [-0.39, 0.29) is 11.6 Å². The van der Waals surface area contributed by atoms with Crippen LogP contribution in [0, 0.1) is 5.82 Å². The van der Waals surface area contributed by atoms with Crippen LogP contribution in [0.25, 0.3) is 10.4 Å². The molecule has 0 unspecified atom stereocenters. The van der Waals surface area contributed by atoms with Gasteiger partial charge in [-0.1, -0.05) is 12.1 Å². The SMILES string of the molecule is COc1cc(C(=O)c2sc(-c3ccc(F)cc3)cc2N)cc(OC)c1OC. The summed E-state index contributed by atoms with van der Waals surface area (Å²) in [7, 11) is 4.46. The molecule has 140 valence electrons. The topological polar surface area (TPSA) is 70.8 Å². The molecule has 7 heteroatoms. The molecule has 2 aromatic carbocycles. The summed E-state index contributed by atoms with van der Waals surface area (Å²) in [5, 5.41) is 0. The number of nitrogen functional groups attached to an aromatic ring is 1. The molecule has 0 spiro atoms. The van der Waals surface area contributed by atoms with Crippen LogP contribution in [0.1, 0.15) is 15.2 Å². The van der Waals surface area contributed by atoms with Gasteiger partial charge in [-0.15, -0.1) is 11.3 Å². The molecule has 0 aliphatic carbocycles. The molecular formula is C20H18FNO4S. The second kappa shape index (κ2) is 7.67. The van der Waals surface area contributed by atoms with E-state index >= 15 is 0 Å². The number of benzene rings is 2. The fourth-order valence-corrected chi connectivity index (χ4v) is 3.73. The molecule has 5 nitrogen and oxygen atoms in total. The molecule has 0 atom stereocenters.